The van der Waals surface area contributed by atoms with Gasteiger partial charge in [0.15, 0.2) is 5.82 Å². The number of thioether (sulfide) groups is 1. The lowest BCUT2D eigenvalue weighted by atomic mass is 10.1. The average Bonchev–Trinajstić information content (AvgIpc) is 2.62. The molecule has 0 aliphatic carbocycles. The van der Waals surface area contributed by atoms with E-state index in [2.05, 4.69) is 28.8 Å². The van der Waals surface area contributed by atoms with Crippen LogP contribution in [0.25, 0.3) is 4.91 Å². The van der Waals surface area contributed by atoms with Crippen LogP contribution in [0.15, 0.2) is 35.6 Å². The Hall–Kier alpha value is -1.86. The van der Waals surface area contributed by atoms with Crippen molar-refractivity contribution in [2.45, 2.75) is 45.6 Å². The predicted molar refractivity (Wildman–Crippen MR) is 98.7 cm³/mol. The van der Waals surface area contributed by atoms with Crippen molar-refractivity contribution in [3.63, 3.8) is 0 Å². The molecule has 0 saturated heterocycles. The molecule has 0 unspecified atom stereocenters. The average molecular weight is 350 g/mol. The fraction of sp³-hybridized carbons (Fsp3) is 0.471. The number of hydrogen-bond acceptors (Lipinski definition) is 6. The van der Waals surface area contributed by atoms with E-state index in [0.29, 0.717) is 27.8 Å². The van der Waals surface area contributed by atoms with Gasteiger partial charge in [0.1, 0.15) is 0 Å². The molecule has 1 rings (SSSR count). The van der Waals surface area contributed by atoms with E-state index in [1.807, 2.05) is 6.92 Å². The highest BCUT2D eigenvalue weighted by Crippen LogP contribution is 2.32. The largest absolute Gasteiger partial charge is 0.401 e. The van der Waals surface area contributed by atoms with Crippen LogP contribution in [0.5, 0.6) is 0 Å². The zero-order valence-corrected chi connectivity index (χ0v) is 15.1. The molecule has 1 aromatic rings. The molecule has 1 heterocycles. The number of carbonyl (C=O) groups is 1. The van der Waals surface area contributed by atoms with Crippen molar-refractivity contribution < 1.29 is 9.90 Å². The topological polar surface area (TPSA) is 101 Å². The highest BCUT2D eigenvalue weighted by molar-refractivity contribution is 8.12. The number of aliphatic hydroxyl groups is 1. The molecule has 1 amide bonds. The van der Waals surface area contributed by atoms with E-state index < -0.39 is 0 Å². The van der Waals surface area contributed by atoms with E-state index in [4.69, 9.17) is 5.73 Å². The second kappa shape index (κ2) is 10.8. The van der Waals surface area contributed by atoms with Gasteiger partial charge >= 0.3 is 0 Å². The molecule has 6 nitrogen and oxygen atoms in total. The third-order valence-electron chi connectivity index (χ3n) is 3.38. The molecule has 0 bridgehead atoms. The van der Waals surface area contributed by atoms with Crippen LogP contribution in [-0.4, -0.2) is 33.6 Å². The van der Waals surface area contributed by atoms with Gasteiger partial charge < -0.3 is 16.2 Å². The van der Waals surface area contributed by atoms with Crippen molar-refractivity contribution in [1.82, 2.24) is 15.3 Å². The van der Waals surface area contributed by atoms with Gasteiger partial charge in [-0.2, -0.15) is 0 Å². The summed E-state index contributed by atoms with van der Waals surface area (Å²) in [7, 11) is 0. The van der Waals surface area contributed by atoms with Crippen LogP contribution < -0.4 is 11.1 Å². The number of unbranched alkanes of at least 4 members (excludes halogenated alkanes) is 1. The molecule has 0 aliphatic rings. The Kier molecular flexibility index (Phi) is 9.11. The quantitative estimate of drug-likeness (QED) is 0.560. The Labute approximate surface area is 147 Å². The molecule has 1 aromatic heterocycles. The second-order valence-electron chi connectivity index (χ2n) is 5.30. The first-order chi connectivity index (χ1) is 11.5. The minimum absolute atomic E-state index is 0.0988. The van der Waals surface area contributed by atoms with Gasteiger partial charge in [0, 0.05) is 23.0 Å². The molecule has 1 atom stereocenters. The maximum Gasteiger partial charge on any atom is 0.260 e. The Morgan fingerprint density at radius 3 is 2.62 bits per heavy atom. The smallest absolute Gasteiger partial charge is 0.260 e. The fourth-order valence-corrected chi connectivity index (χ4v) is 2.81. The molecule has 0 radical (unpaired) electrons. The molecule has 0 spiro atoms. The van der Waals surface area contributed by atoms with Gasteiger partial charge in [0.2, 0.25) is 0 Å². The lowest BCUT2D eigenvalue weighted by Crippen LogP contribution is -2.38. The van der Waals surface area contributed by atoms with Crippen LogP contribution in [0.2, 0.25) is 0 Å². The van der Waals surface area contributed by atoms with Gasteiger partial charge in [-0.05, 0) is 18.9 Å². The zero-order valence-electron chi connectivity index (χ0n) is 14.3. The number of hydrogen-bond donors (Lipinski definition) is 3. The summed E-state index contributed by atoms with van der Waals surface area (Å²) in [5, 5.41) is 12.3. The first-order valence-electron chi connectivity index (χ1n) is 8.07. The zero-order chi connectivity index (χ0) is 17.9. The van der Waals surface area contributed by atoms with Gasteiger partial charge in [0.25, 0.3) is 5.91 Å². The summed E-state index contributed by atoms with van der Waals surface area (Å²) in [5.74, 6) is 0.160. The van der Waals surface area contributed by atoms with Crippen LogP contribution in [0.1, 0.15) is 45.4 Å². The van der Waals surface area contributed by atoms with Crippen LogP contribution in [-0.2, 0) is 4.79 Å². The Bertz CT molecular complexity index is 575. The lowest BCUT2D eigenvalue weighted by molar-refractivity contribution is -0.117. The molecule has 0 aromatic carbocycles. The summed E-state index contributed by atoms with van der Waals surface area (Å²) in [6.07, 6.45) is 6.44. The number of nitrogens with two attached hydrogens (primary N) is 1. The van der Waals surface area contributed by atoms with Gasteiger partial charge in [-0.25, -0.2) is 9.97 Å². The number of allylic oxidation sites excluding steroid dienone is 1. The first-order valence-corrected chi connectivity index (χ1v) is 8.89. The van der Waals surface area contributed by atoms with Gasteiger partial charge in [0.05, 0.1) is 17.6 Å². The summed E-state index contributed by atoms with van der Waals surface area (Å²) < 4.78 is 0. The molecule has 132 valence electrons. The van der Waals surface area contributed by atoms with E-state index in [0.717, 1.165) is 31.0 Å². The third-order valence-corrected chi connectivity index (χ3v) is 4.46. The monoisotopic (exact) mass is 350 g/mol. The molecule has 0 fully saturated rings. The van der Waals surface area contributed by atoms with Gasteiger partial charge in [-0.1, -0.05) is 45.0 Å². The van der Waals surface area contributed by atoms with E-state index >= 15 is 0 Å². The summed E-state index contributed by atoms with van der Waals surface area (Å²) >= 11 is 1.16. The van der Waals surface area contributed by atoms with Crippen molar-refractivity contribution in [3.05, 3.63) is 41.5 Å². The van der Waals surface area contributed by atoms with Crippen molar-refractivity contribution >= 4 is 22.6 Å². The van der Waals surface area contributed by atoms with E-state index in [9.17, 15) is 9.90 Å². The minimum Gasteiger partial charge on any atom is -0.401 e. The Morgan fingerprint density at radius 1 is 1.42 bits per heavy atom. The number of rotatable bonds is 10. The minimum atomic E-state index is -0.299. The third kappa shape index (κ3) is 6.33. The number of aliphatic hydroxyl groups excluding tert-OH is 1. The Morgan fingerprint density at radius 2 is 2.08 bits per heavy atom. The predicted octanol–water partition coefficient (Wildman–Crippen LogP) is 2.43. The van der Waals surface area contributed by atoms with E-state index in [1.54, 1.807) is 18.5 Å². The van der Waals surface area contributed by atoms with Crippen molar-refractivity contribution in [2.24, 2.45) is 5.73 Å². The van der Waals surface area contributed by atoms with Gasteiger partial charge in [-0.3, -0.25) is 4.79 Å². The maximum atomic E-state index is 12.6. The van der Waals surface area contributed by atoms with E-state index in [-0.39, 0.29) is 18.6 Å². The molecule has 0 saturated carbocycles. The molecular formula is C17H26N4O2S. The summed E-state index contributed by atoms with van der Waals surface area (Å²) in [4.78, 5) is 21.8. The summed E-state index contributed by atoms with van der Waals surface area (Å²) in [5.41, 5.74) is 6.49. The molecule has 0 aliphatic heterocycles. The van der Waals surface area contributed by atoms with Crippen LogP contribution in [0, 0.1) is 0 Å². The summed E-state index contributed by atoms with van der Waals surface area (Å²) in [6.45, 7) is 7.78. The summed E-state index contributed by atoms with van der Waals surface area (Å²) in [6, 6.07) is 1.43. The highest BCUT2D eigenvalue weighted by Gasteiger charge is 2.20. The van der Waals surface area contributed by atoms with Crippen LogP contribution in [0.4, 0.5) is 0 Å². The fourth-order valence-electron chi connectivity index (χ4n) is 1.94. The number of aromatic nitrogens is 2. The SMILES string of the molecule is C=C(S/C(C(=O)N[C@@H](CO)CCCC)=C(\N)CC)c1ncccn1. The molecule has 4 N–H and O–H groups in total. The Balaban J connectivity index is 2.86. The van der Waals surface area contributed by atoms with E-state index in [1.165, 1.54) is 0 Å². The highest BCUT2D eigenvalue weighted by atomic mass is 32.2. The standard InChI is InChI=1S/C17H26N4O2S/c1-4-6-8-13(11-22)21-17(23)15(14(18)5-2)24-12(3)16-19-9-7-10-20-16/h7,9-10,13,22H,3-6,8,11,18H2,1-2H3,(H,21,23)/b15-14-/t13-/m1/s1. The number of carbonyl (C=O) groups excluding carboxylic acids is 1. The van der Waals surface area contributed by atoms with Crippen molar-refractivity contribution in [3.8, 4) is 0 Å². The molecular weight excluding hydrogens is 324 g/mol. The molecule has 24 heavy (non-hydrogen) atoms. The lowest BCUT2D eigenvalue weighted by Gasteiger charge is -2.18. The second-order valence-corrected chi connectivity index (χ2v) is 6.41. The van der Waals surface area contributed by atoms with Crippen molar-refractivity contribution in [1.29, 1.82) is 0 Å². The first kappa shape index (κ1) is 20.2. The number of nitrogens with one attached hydrogen (secondary N) is 1. The molecule has 7 heteroatoms. The normalized spacial score (nSPS) is 13.1. The number of nitrogens with zero attached hydrogens (tertiary/aromatic N) is 2. The number of amides is 1. The maximum absolute atomic E-state index is 12.6. The van der Waals surface area contributed by atoms with Gasteiger partial charge in [-0.15, -0.1) is 0 Å². The van der Waals surface area contributed by atoms with Crippen LogP contribution in [0.3, 0.4) is 0 Å². The van der Waals surface area contributed by atoms with Crippen LogP contribution >= 0.6 is 11.8 Å². The van der Waals surface area contributed by atoms with Crippen molar-refractivity contribution in [2.75, 3.05) is 6.61 Å².